The van der Waals surface area contributed by atoms with Gasteiger partial charge >= 0.3 is 5.97 Å². The first-order chi connectivity index (χ1) is 8.61. The number of carbonyl (C=O) groups is 1. The molecule has 0 N–H and O–H groups in total. The van der Waals surface area contributed by atoms with E-state index in [1.54, 1.807) is 25.1 Å². The molecule has 1 aromatic heterocycles. The van der Waals surface area contributed by atoms with Crippen LogP contribution in [0, 0.1) is 0 Å². The Morgan fingerprint density at radius 1 is 1.39 bits per heavy atom. The van der Waals surface area contributed by atoms with Gasteiger partial charge in [-0.15, -0.1) is 0 Å². The van der Waals surface area contributed by atoms with Crippen LogP contribution >= 0.6 is 23.2 Å². The fraction of sp³-hybridized carbons (Fsp3) is 0.182. The highest BCUT2D eigenvalue weighted by Gasteiger charge is 2.17. The summed E-state index contributed by atoms with van der Waals surface area (Å²) in [5.41, 5.74) is 0.576. The molecular formula is C11H8Cl2N2O3. The molecule has 0 aliphatic heterocycles. The molecular weight excluding hydrogens is 279 g/mol. The van der Waals surface area contributed by atoms with Gasteiger partial charge in [0, 0.05) is 5.56 Å². The van der Waals surface area contributed by atoms with Gasteiger partial charge in [0.15, 0.2) is 0 Å². The molecule has 0 saturated carbocycles. The molecule has 0 atom stereocenters. The minimum absolute atomic E-state index is 0.127. The van der Waals surface area contributed by atoms with Crippen molar-refractivity contribution in [3.05, 3.63) is 34.1 Å². The minimum atomic E-state index is -0.632. The van der Waals surface area contributed by atoms with Gasteiger partial charge < -0.3 is 9.26 Å². The van der Waals surface area contributed by atoms with Crippen LogP contribution in [0.1, 0.15) is 17.5 Å². The predicted octanol–water partition coefficient (Wildman–Crippen LogP) is 3.22. The number of rotatable bonds is 3. The summed E-state index contributed by atoms with van der Waals surface area (Å²) in [5, 5.41) is 4.31. The van der Waals surface area contributed by atoms with E-state index in [0.717, 1.165) is 0 Å². The number of aromatic nitrogens is 2. The van der Waals surface area contributed by atoms with Crippen molar-refractivity contribution in [1.29, 1.82) is 0 Å². The molecule has 0 amide bonds. The van der Waals surface area contributed by atoms with Gasteiger partial charge in [-0.05, 0) is 30.3 Å². The van der Waals surface area contributed by atoms with Crippen LogP contribution in [0.3, 0.4) is 0 Å². The molecule has 7 heteroatoms. The van der Waals surface area contributed by atoms with E-state index < -0.39 is 5.97 Å². The molecule has 0 aliphatic rings. The number of esters is 1. The molecule has 0 saturated heterocycles. The Labute approximate surface area is 113 Å². The zero-order valence-electron chi connectivity index (χ0n) is 9.31. The Hall–Kier alpha value is -1.59. The predicted molar refractivity (Wildman–Crippen MR) is 65.7 cm³/mol. The maximum absolute atomic E-state index is 11.4. The molecule has 0 aliphatic carbocycles. The lowest BCUT2D eigenvalue weighted by Gasteiger charge is -1.97. The fourth-order valence-corrected chi connectivity index (χ4v) is 1.55. The Kier molecular flexibility index (Phi) is 3.84. The van der Waals surface area contributed by atoms with Gasteiger partial charge in [0.2, 0.25) is 0 Å². The standard InChI is InChI=1S/C11H8Cl2N2O3/c1-2-17-11(16)9-14-10(18-15-9)6-3-4-7(12)8(13)5-6/h3-5H,2H2,1H3. The number of hydrogen-bond donors (Lipinski definition) is 0. The van der Waals surface area contributed by atoms with Gasteiger partial charge in [-0.25, -0.2) is 4.79 Å². The topological polar surface area (TPSA) is 65.2 Å². The maximum atomic E-state index is 11.4. The van der Waals surface area contributed by atoms with Crippen LogP contribution in [0.4, 0.5) is 0 Å². The zero-order chi connectivity index (χ0) is 13.1. The van der Waals surface area contributed by atoms with E-state index in [1.807, 2.05) is 0 Å². The number of carbonyl (C=O) groups excluding carboxylic acids is 1. The molecule has 0 bridgehead atoms. The quantitative estimate of drug-likeness (QED) is 0.811. The Morgan fingerprint density at radius 2 is 2.17 bits per heavy atom. The lowest BCUT2D eigenvalue weighted by Crippen LogP contribution is -2.06. The van der Waals surface area contributed by atoms with E-state index in [1.165, 1.54) is 0 Å². The summed E-state index contributed by atoms with van der Waals surface area (Å²) in [6.07, 6.45) is 0. The van der Waals surface area contributed by atoms with Crippen LogP contribution < -0.4 is 0 Å². The van der Waals surface area contributed by atoms with E-state index >= 15 is 0 Å². The lowest BCUT2D eigenvalue weighted by atomic mass is 10.2. The number of ether oxygens (including phenoxy) is 1. The molecule has 0 fully saturated rings. The highest BCUT2D eigenvalue weighted by Crippen LogP contribution is 2.27. The smallest absolute Gasteiger partial charge is 0.379 e. The van der Waals surface area contributed by atoms with E-state index in [0.29, 0.717) is 15.6 Å². The van der Waals surface area contributed by atoms with Crippen LogP contribution in [-0.4, -0.2) is 22.7 Å². The first-order valence-corrected chi connectivity index (χ1v) is 5.83. The molecule has 0 unspecified atom stereocenters. The third-order valence-corrected chi connectivity index (χ3v) is 2.79. The first kappa shape index (κ1) is 12.9. The normalized spacial score (nSPS) is 10.4. The van der Waals surface area contributed by atoms with Crippen LogP contribution in [0.5, 0.6) is 0 Å². The summed E-state index contributed by atoms with van der Waals surface area (Å²) >= 11 is 11.7. The Balaban J connectivity index is 2.29. The second-order valence-electron chi connectivity index (χ2n) is 3.27. The van der Waals surface area contributed by atoms with Gasteiger partial charge in [0.05, 0.1) is 16.7 Å². The Bertz CT molecular complexity index is 583. The van der Waals surface area contributed by atoms with Gasteiger partial charge in [-0.1, -0.05) is 23.2 Å². The average molecular weight is 287 g/mol. The Morgan fingerprint density at radius 3 is 2.83 bits per heavy atom. The van der Waals surface area contributed by atoms with Crippen molar-refractivity contribution < 1.29 is 14.1 Å². The summed E-state index contributed by atoms with van der Waals surface area (Å²) < 4.78 is 9.70. The van der Waals surface area contributed by atoms with Crippen LogP contribution in [0.15, 0.2) is 22.7 Å². The maximum Gasteiger partial charge on any atom is 0.379 e. The fourth-order valence-electron chi connectivity index (χ4n) is 1.25. The molecule has 0 radical (unpaired) electrons. The number of nitrogens with zero attached hydrogens (tertiary/aromatic N) is 2. The van der Waals surface area contributed by atoms with Crippen LogP contribution in [0.2, 0.25) is 10.0 Å². The highest BCUT2D eigenvalue weighted by atomic mass is 35.5. The number of benzene rings is 1. The van der Waals surface area contributed by atoms with Crippen molar-refractivity contribution in [2.45, 2.75) is 6.92 Å². The van der Waals surface area contributed by atoms with Crippen molar-refractivity contribution >= 4 is 29.2 Å². The van der Waals surface area contributed by atoms with E-state index in [4.69, 9.17) is 32.5 Å². The van der Waals surface area contributed by atoms with Crippen molar-refractivity contribution in [2.24, 2.45) is 0 Å². The largest absolute Gasteiger partial charge is 0.460 e. The van der Waals surface area contributed by atoms with E-state index in [9.17, 15) is 4.79 Å². The molecule has 0 spiro atoms. The van der Waals surface area contributed by atoms with Gasteiger partial charge in [-0.3, -0.25) is 0 Å². The van der Waals surface area contributed by atoms with Gasteiger partial charge in [0.25, 0.3) is 11.7 Å². The highest BCUT2D eigenvalue weighted by molar-refractivity contribution is 6.42. The summed E-state index contributed by atoms with van der Waals surface area (Å²) in [6, 6.07) is 4.84. The van der Waals surface area contributed by atoms with Crippen molar-refractivity contribution in [3.63, 3.8) is 0 Å². The zero-order valence-corrected chi connectivity index (χ0v) is 10.8. The van der Waals surface area contributed by atoms with Gasteiger partial charge in [-0.2, -0.15) is 4.98 Å². The second kappa shape index (κ2) is 5.37. The average Bonchev–Trinajstić information content (AvgIpc) is 2.82. The lowest BCUT2D eigenvalue weighted by molar-refractivity contribution is 0.0508. The number of halogens is 2. The van der Waals surface area contributed by atoms with Gasteiger partial charge in [0.1, 0.15) is 0 Å². The molecule has 1 heterocycles. The monoisotopic (exact) mass is 286 g/mol. The van der Waals surface area contributed by atoms with E-state index in [-0.39, 0.29) is 18.3 Å². The van der Waals surface area contributed by atoms with Crippen LogP contribution in [-0.2, 0) is 4.74 Å². The molecule has 18 heavy (non-hydrogen) atoms. The third-order valence-electron chi connectivity index (χ3n) is 2.05. The number of hydrogen-bond acceptors (Lipinski definition) is 5. The second-order valence-corrected chi connectivity index (χ2v) is 4.09. The van der Waals surface area contributed by atoms with Crippen molar-refractivity contribution in [1.82, 2.24) is 10.1 Å². The SMILES string of the molecule is CCOC(=O)c1noc(-c2ccc(Cl)c(Cl)c2)n1. The summed E-state index contributed by atoms with van der Waals surface area (Å²) in [6.45, 7) is 1.94. The molecule has 1 aromatic carbocycles. The third kappa shape index (κ3) is 2.63. The molecule has 94 valence electrons. The first-order valence-electron chi connectivity index (χ1n) is 5.08. The van der Waals surface area contributed by atoms with Crippen LogP contribution in [0.25, 0.3) is 11.5 Å². The molecule has 5 nitrogen and oxygen atoms in total. The van der Waals surface area contributed by atoms with Crippen molar-refractivity contribution in [3.8, 4) is 11.5 Å². The minimum Gasteiger partial charge on any atom is -0.460 e. The summed E-state index contributed by atoms with van der Waals surface area (Å²) in [5.74, 6) is -0.581. The van der Waals surface area contributed by atoms with E-state index in [2.05, 4.69) is 10.1 Å². The van der Waals surface area contributed by atoms with Crippen molar-refractivity contribution in [2.75, 3.05) is 6.61 Å². The molecule has 2 aromatic rings. The summed E-state index contributed by atoms with van der Waals surface area (Å²) in [7, 11) is 0. The summed E-state index contributed by atoms with van der Waals surface area (Å²) in [4.78, 5) is 15.3. The molecule has 2 rings (SSSR count).